The summed E-state index contributed by atoms with van der Waals surface area (Å²) in [6, 6.07) is 20.3. The van der Waals surface area contributed by atoms with Crippen molar-refractivity contribution >= 4 is 34.1 Å². The van der Waals surface area contributed by atoms with Gasteiger partial charge in [0.25, 0.3) is 0 Å². The molecule has 4 rings (SSSR count). The van der Waals surface area contributed by atoms with Gasteiger partial charge < -0.3 is 10.6 Å². The Kier molecular flexibility index (Phi) is 5.69. The Hall–Kier alpha value is -2.38. The fraction of sp³-hybridized carbons (Fsp3) is 0.250. The molecule has 7 heteroatoms. The number of hydrogen-bond acceptors (Lipinski definition) is 6. The quantitative estimate of drug-likeness (QED) is 0.557. The molecule has 0 bridgehead atoms. The number of hydrogen-bond donors (Lipinski definition) is 2. The molecule has 1 saturated carbocycles. The Labute approximate surface area is 166 Å². The van der Waals surface area contributed by atoms with Gasteiger partial charge in [-0.15, -0.1) is 10.2 Å². The molecule has 0 saturated heterocycles. The molecule has 1 amide bonds. The highest BCUT2D eigenvalue weighted by atomic mass is 32.2. The second-order valence-corrected chi connectivity index (χ2v) is 8.73. The first-order valence-electron chi connectivity index (χ1n) is 8.91. The fourth-order valence-electron chi connectivity index (χ4n) is 2.61. The fourth-order valence-corrected chi connectivity index (χ4v) is 4.56. The van der Waals surface area contributed by atoms with Gasteiger partial charge in [-0.05, 0) is 24.0 Å². The molecular formula is C20H20N4OS2. The number of thioether (sulfide) groups is 1. The van der Waals surface area contributed by atoms with Gasteiger partial charge in [-0.3, -0.25) is 4.79 Å². The van der Waals surface area contributed by atoms with E-state index in [0.29, 0.717) is 12.6 Å². The van der Waals surface area contributed by atoms with Gasteiger partial charge in [-0.25, -0.2) is 0 Å². The predicted molar refractivity (Wildman–Crippen MR) is 110 cm³/mol. The molecule has 0 spiro atoms. The van der Waals surface area contributed by atoms with E-state index in [1.54, 1.807) is 0 Å². The molecule has 5 nitrogen and oxygen atoms in total. The van der Waals surface area contributed by atoms with Crippen LogP contribution in [0.15, 0.2) is 65.0 Å². The molecule has 1 aromatic heterocycles. The van der Waals surface area contributed by atoms with Crippen LogP contribution < -0.4 is 10.6 Å². The van der Waals surface area contributed by atoms with Gasteiger partial charge in [-0.1, -0.05) is 83.8 Å². The normalized spacial score (nSPS) is 14.5. The second kappa shape index (κ2) is 8.54. The van der Waals surface area contributed by atoms with Crippen LogP contribution in [0.4, 0.5) is 5.13 Å². The highest BCUT2D eigenvalue weighted by Gasteiger charge is 2.29. The smallest absolute Gasteiger partial charge is 0.238 e. The third-order valence-electron chi connectivity index (χ3n) is 4.18. The number of amides is 1. The van der Waals surface area contributed by atoms with Crippen molar-refractivity contribution in [1.29, 1.82) is 0 Å². The third-order valence-corrected chi connectivity index (χ3v) is 6.40. The van der Waals surface area contributed by atoms with Crippen LogP contribution in [0, 0.1) is 0 Å². The van der Waals surface area contributed by atoms with Gasteiger partial charge in [-0.2, -0.15) is 0 Å². The summed E-state index contributed by atoms with van der Waals surface area (Å²) in [6.45, 7) is 0.699. The average molecular weight is 397 g/mol. The molecule has 2 N–H and O–H groups in total. The van der Waals surface area contributed by atoms with Crippen LogP contribution in [-0.4, -0.2) is 22.1 Å². The summed E-state index contributed by atoms with van der Waals surface area (Å²) in [5.74, 6) is 0.0442. The topological polar surface area (TPSA) is 66.9 Å². The predicted octanol–water partition coefficient (Wildman–Crippen LogP) is 4.26. The van der Waals surface area contributed by atoms with E-state index in [4.69, 9.17) is 0 Å². The summed E-state index contributed by atoms with van der Waals surface area (Å²) in [4.78, 5) is 12.7. The zero-order valence-electron chi connectivity index (χ0n) is 14.7. The lowest BCUT2D eigenvalue weighted by molar-refractivity contribution is -0.120. The highest BCUT2D eigenvalue weighted by molar-refractivity contribution is 8.01. The largest absolute Gasteiger partial charge is 0.356 e. The van der Waals surface area contributed by atoms with Crippen molar-refractivity contribution in [3.63, 3.8) is 0 Å². The van der Waals surface area contributed by atoms with E-state index in [1.807, 2.05) is 48.5 Å². The van der Waals surface area contributed by atoms with E-state index in [1.165, 1.54) is 28.7 Å². The van der Waals surface area contributed by atoms with Crippen molar-refractivity contribution in [3.8, 4) is 0 Å². The minimum Gasteiger partial charge on any atom is -0.356 e. The standard InChI is InChI=1S/C20H20N4OS2/c25-18(22-16-11-12-16)17(15-9-5-2-6-10-15)26-20-24-23-19(27-20)21-13-14-7-3-1-4-8-14/h1-10,16-17H,11-13H2,(H,21,23)(H,22,25). The molecule has 27 heavy (non-hydrogen) atoms. The molecule has 138 valence electrons. The number of benzene rings is 2. The molecule has 1 heterocycles. The summed E-state index contributed by atoms with van der Waals surface area (Å²) in [5.41, 5.74) is 2.17. The number of anilines is 1. The Balaban J connectivity index is 1.43. The maximum atomic E-state index is 12.7. The molecule has 2 aromatic carbocycles. The van der Waals surface area contributed by atoms with E-state index >= 15 is 0 Å². The van der Waals surface area contributed by atoms with Crippen molar-refractivity contribution in [3.05, 3.63) is 71.8 Å². The van der Waals surface area contributed by atoms with E-state index < -0.39 is 0 Å². The van der Waals surface area contributed by atoms with Crippen LogP contribution in [0.1, 0.15) is 29.2 Å². The minimum absolute atomic E-state index is 0.0442. The Morgan fingerprint density at radius 3 is 2.48 bits per heavy atom. The van der Waals surface area contributed by atoms with E-state index in [9.17, 15) is 4.79 Å². The number of carbonyl (C=O) groups is 1. The first-order chi connectivity index (χ1) is 13.3. The van der Waals surface area contributed by atoms with Crippen molar-refractivity contribution in [2.75, 3.05) is 5.32 Å². The lowest BCUT2D eigenvalue weighted by atomic mass is 10.1. The minimum atomic E-state index is -0.318. The lowest BCUT2D eigenvalue weighted by Gasteiger charge is -2.15. The average Bonchev–Trinajstić information content (AvgIpc) is 3.41. The zero-order chi connectivity index (χ0) is 18.5. The van der Waals surface area contributed by atoms with E-state index in [-0.39, 0.29) is 11.2 Å². The van der Waals surface area contributed by atoms with Gasteiger partial charge in [0.1, 0.15) is 5.25 Å². The number of rotatable bonds is 8. The van der Waals surface area contributed by atoms with E-state index in [0.717, 1.165) is 27.9 Å². The lowest BCUT2D eigenvalue weighted by Crippen LogP contribution is -2.29. The molecule has 0 radical (unpaired) electrons. The number of aromatic nitrogens is 2. The zero-order valence-corrected chi connectivity index (χ0v) is 16.3. The SMILES string of the molecule is O=C(NC1CC1)C(Sc1nnc(NCc2ccccc2)s1)c1ccccc1. The summed E-state index contributed by atoms with van der Waals surface area (Å²) in [5, 5.41) is 15.3. The molecule has 1 aliphatic carbocycles. The van der Waals surface area contributed by atoms with Crippen molar-refractivity contribution in [2.24, 2.45) is 0 Å². The number of carbonyl (C=O) groups excluding carboxylic acids is 1. The number of nitrogens with zero attached hydrogens (tertiary/aromatic N) is 2. The van der Waals surface area contributed by atoms with Crippen LogP contribution in [0.2, 0.25) is 0 Å². The van der Waals surface area contributed by atoms with Crippen molar-refractivity contribution in [1.82, 2.24) is 15.5 Å². The maximum absolute atomic E-state index is 12.7. The molecule has 1 atom stereocenters. The monoisotopic (exact) mass is 396 g/mol. The van der Waals surface area contributed by atoms with Crippen LogP contribution >= 0.6 is 23.1 Å². The molecule has 1 unspecified atom stereocenters. The van der Waals surface area contributed by atoms with Gasteiger partial charge in [0.2, 0.25) is 11.0 Å². The van der Waals surface area contributed by atoms with Crippen LogP contribution in [0.5, 0.6) is 0 Å². The first-order valence-corrected chi connectivity index (χ1v) is 10.6. The molecule has 0 aliphatic heterocycles. The number of nitrogens with one attached hydrogen (secondary N) is 2. The third kappa shape index (κ3) is 5.08. The van der Waals surface area contributed by atoms with Crippen LogP contribution in [0.25, 0.3) is 0 Å². The molecule has 3 aromatic rings. The van der Waals surface area contributed by atoms with Crippen molar-refractivity contribution in [2.45, 2.75) is 35.0 Å². The summed E-state index contributed by atoms with van der Waals surface area (Å²) < 4.78 is 0.783. The molecule has 1 fully saturated rings. The van der Waals surface area contributed by atoms with Gasteiger partial charge in [0.15, 0.2) is 4.34 Å². The summed E-state index contributed by atoms with van der Waals surface area (Å²) in [7, 11) is 0. The Bertz CT molecular complexity index is 881. The van der Waals surface area contributed by atoms with Crippen LogP contribution in [-0.2, 0) is 11.3 Å². The van der Waals surface area contributed by atoms with Gasteiger partial charge in [0, 0.05) is 12.6 Å². The molecule has 1 aliphatic rings. The first kappa shape index (κ1) is 18.0. The Morgan fingerprint density at radius 2 is 1.78 bits per heavy atom. The van der Waals surface area contributed by atoms with Gasteiger partial charge in [0.05, 0.1) is 0 Å². The summed E-state index contributed by atoms with van der Waals surface area (Å²) in [6.07, 6.45) is 2.15. The van der Waals surface area contributed by atoms with Gasteiger partial charge >= 0.3 is 0 Å². The summed E-state index contributed by atoms with van der Waals surface area (Å²) >= 11 is 2.93. The molecular weight excluding hydrogens is 376 g/mol. The van der Waals surface area contributed by atoms with Crippen molar-refractivity contribution < 1.29 is 4.79 Å². The highest BCUT2D eigenvalue weighted by Crippen LogP contribution is 2.38. The van der Waals surface area contributed by atoms with E-state index in [2.05, 4.69) is 33.0 Å². The maximum Gasteiger partial charge on any atom is 0.238 e. The second-order valence-electron chi connectivity index (χ2n) is 6.40. The van der Waals surface area contributed by atoms with Crippen LogP contribution in [0.3, 0.4) is 0 Å². The Morgan fingerprint density at radius 1 is 1.07 bits per heavy atom.